The van der Waals surface area contributed by atoms with E-state index < -0.39 is 15.4 Å². The van der Waals surface area contributed by atoms with Crippen LogP contribution in [-0.2, 0) is 27.7 Å². The SMILES string of the molecule is Cc1cc(C)n(CC(=O)NCc2cccc(Br)c2)c(=O)c1S(=O)(=O)c1ccccc1. The van der Waals surface area contributed by atoms with Gasteiger partial charge in [-0.25, -0.2) is 8.42 Å². The lowest BCUT2D eigenvalue weighted by molar-refractivity contribution is -0.121. The lowest BCUT2D eigenvalue weighted by Crippen LogP contribution is -2.35. The van der Waals surface area contributed by atoms with Gasteiger partial charge in [0.2, 0.25) is 15.7 Å². The molecule has 0 fully saturated rings. The smallest absolute Gasteiger partial charge is 0.270 e. The number of halogens is 1. The van der Waals surface area contributed by atoms with E-state index in [0.29, 0.717) is 17.8 Å². The van der Waals surface area contributed by atoms with E-state index in [1.807, 2.05) is 24.3 Å². The summed E-state index contributed by atoms with van der Waals surface area (Å²) in [5.74, 6) is -0.382. The molecule has 0 aliphatic rings. The lowest BCUT2D eigenvalue weighted by atomic mass is 10.2. The van der Waals surface area contributed by atoms with Crippen molar-refractivity contribution in [2.75, 3.05) is 0 Å². The normalized spacial score (nSPS) is 11.3. The molecule has 8 heteroatoms. The Morgan fingerprint density at radius 1 is 1.03 bits per heavy atom. The molecule has 0 aliphatic carbocycles. The summed E-state index contributed by atoms with van der Waals surface area (Å²) in [4.78, 5) is 25.3. The van der Waals surface area contributed by atoms with E-state index in [2.05, 4.69) is 21.2 Å². The van der Waals surface area contributed by atoms with Crippen molar-refractivity contribution < 1.29 is 13.2 Å². The number of pyridine rings is 1. The number of hydrogen-bond donors (Lipinski definition) is 1. The maximum atomic E-state index is 13.1. The van der Waals surface area contributed by atoms with Crippen LogP contribution < -0.4 is 10.9 Å². The van der Waals surface area contributed by atoms with Crippen LogP contribution in [-0.4, -0.2) is 18.9 Å². The molecule has 0 radical (unpaired) electrons. The van der Waals surface area contributed by atoms with Crippen molar-refractivity contribution in [1.82, 2.24) is 9.88 Å². The Bertz CT molecular complexity index is 1250. The van der Waals surface area contributed by atoms with Gasteiger partial charge in [-0.05, 0) is 55.3 Å². The third-order valence-electron chi connectivity index (χ3n) is 4.65. The Kier molecular flexibility index (Phi) is 6.58. The standard InChI is InChI=1S/C22H21BrN2O4S/c1-15-11-16(2)25(14-20(26)24-13-17-7-6-8-18(23)12-17)22(27)21(15)30(28,29)19-9-4-3-5-10-19/h3-12H,13-14H2,1-2H3,(H,24,26). The average molecular weight is 489 g/mol. The maximum absolute atomic E-state index is 13.1. The molecule has 3 aromatic rings. The first-order valence-electron chi connectivity index (χ1n) is 9.22. The van der Waals surface area contributed by atoms with Crippen LogP contribution in [0.4, 0.5) is 0 Å². The number of aryl methyl sites for hydroxylation is 2. The zero-order valence-electron chi connectivity index (χ0n) is 16.6. The summed E-state index contributed by atoms with van der Waals surface area (Å²) in [6.45, 7) is 3.29. The number of nitrogens with one attached hydrogen (secondary N) is 1. The topological polar surface area (TPSA) is 85.2 Å². The first-order chi connectivity index (χ1) is 14.2. The highest BCUT2D eigenvalue weighted by atomic mass is 79.9. The van der Waals surface area contributed by atoms with Gasteiger partial charge in [0.1, 0.15) is 11.4 Å². The van der Waals surface area contributed by atoms with Gasteiger partial charge in [-0.2, -0.15) is 0 Å². The molecule has 1 heterocycles. The van der Waals surface area contributed by atoms with Gasteiger partial charge in [-0.3, -0.25) is 9.59 Å². The van der Waals surface area contributed by atoms with E-state index in [1.54, 1.807) is 38.1 Å². The molecule has 1 aromatic heterocycles. The number of hydrogen-bond acceptors (Lipinski definition) is 4. The van der Waals surface area contributed by atoms with Crippen LogP contribution in [0, 0.1) is 13.8 Å². The molecule has 0 atom stereocenters. The lowest BCUT2D eigenvalue weighted by Gasteiger charge is -2.15. The largest absolute Gasteiger partial charge is 0.350 e. The van der Waals surface area contributed by atoms with E-state index in [0.717, 1.165) is 10.0 Å². The van der Waals surface area contributed by atoms with E-state index in [9.17, 15) is 18.0 Å². The Hall–Kier alpha value is -2.71. The van der Waals surface area contributed by atoms with Gasteiger partial charge in [0.25, 0.3) is 5.56 Å². The fraction of sp³-hybridized carbons (Fsp3) is 0.182. The predicted molar refractivity (Wildman–Crippen MR) is 118 cm³/mol. The van der Waals surface area contributed by atoms with Crippen LogP contribution in [0.5, 0.6) is 0 Å². The highest BCUT2D eigenvalue weighted by Crippen LogP contribution is 2.21. The minimum Gasteiger partial charge on any atom is -0.350 e. The molecule has 2 aromatic carbocycles. The van der Waals surface area contributed by atoms with Gasteiger partial charge in [-0.15, -0.1) is 0 Å². The highest BCUT2D eigenvalue weighted by Gasteiger charge is 2.26. The Morgan fingerprint density at radius 2 is 1.73 bits per heavy atom. The second-order valence-corrected chi connectivity index (χ2v) is 9.71. The molecule has 0 saturated heterocycles. The first-order valence-corrected chi connectivity index (χ1v) is 11.5. The van der Waals surface area contributed by atoms with E-state index >= 15 is 0 Å². The number of sulfone groups is 1. The Labute approximate surface area is 183 Å². The summed E-state index contributed by atoms with van der Waals surface area (Å²) >= 11 is 3.38. The van der Waals surface area contributed by atoms with Crippen LogP contribution in [0.15, 0.2) is 79.7 Å². The molecule has 3 rings (SSSR count). The fourth-order valence-corrected chi connectivity index (χ4v) is 5.22. The van der Waals surface area contributed by atoms with Crippen molar-refractivity contribution in [3.8, 4) is 0 Å². The molecule has 156 valence electrons. The summed E-state index contributed by atoms with van der Waals surface area (Å²) in [5.41, 5.74) is 1.07. The third-order valence-corrected chi connectivity index (χ3v) is 7.07. The Morgan fingerprint density at radius 3 is 2.40 bits per heavy atom. The van der Waals surface area contributed by atoms with Gasteiger partial charge >= 0.3 is 0 Å². The van der Waals surface area contributed by atoms with Crippen molar-refractivity contribution in [3.63, 3.8) is 0 Å². The van der Waals surface area contributed by atoms with Gasteiger partial charge in [0.05, 0.1) is 4.90 Å². The summed E-state index contributed by atoms with van der Waals surface area (Å²) in [7, 11) is -4.01. The predicted octanol–water partition coefficient (Wildman–Crippen LogP) is 3.38. The maximum Gasteiger partial charge on any atom is 0.270 e. The second-order valence-electron chi connectivity index (χ2n) is 6.91. The van der Waals surface area contributed by atoms with Gasteiger partial charge in [0, 0.05) is 16.7 Å². The first kappa shape index (κ1) is 22.0. The van der Waals surface area contributed by atoms with Gasteiger partial charge in [-0.1, -0.05) is 46.3 Å². The van der Waals surface area contributed by atoms with Gasteiger partial charge in [0.15, 0.2) is 0 Å². The molecule has 30 heavy (non-hydrogen) atoms. The van der Waals surface area contributed by atoms with Crippen LogP contribution in [0.1, 0.15) is 16.8 Å². The summed E-state index contributed by atoms with van der Waals surface area (Å²) in [6, 6.07) is 16.9. The zero-order chi connectivity index (χ0) is 21.9. The molecule has 0 aliphatic heterocycles. The van der Waals surface area contributed by atoms with Crippen LogP contribution >= 0.6 is 15.9 Å². The number of carbonyl (C=O) groups is 1. The van der Waals surface area contributed by atoms with Crippen molar-refractivity contribution in [3.05, 3.63) is 92.3 Å². The van der Waals surface area contributed by atoms with Crippen LogP contribution in [0.2, 0.25) is 0 Å². The number of amides is 1. The number of nitrogens with zero attached hydrogens (tertiary/aromatic N) is 1. The van der Waals surface area contributed by atoms with Crippen molar-refractivity contribution >= 4 is 31.7 Å². The quantitative estimate of drug-likeness (QED) is 0.576. The molecular formula is C22H21BrN2O4S. The van der Waals surface area contributed by atoms with Crippen LogP contribution in [0.25, 0.3) is 0 Å². The second kappa shape index (κ2) is 8.97. The molecule has 0 bridgehead atoms. The zero-order valence-corrected chi connectivity index (χ0v) is 19.0. The summed E-state index contributed by atoms with van der Waals surface area (Å²) in [6.07, 6.45) is 0. The van der Waals surface area contributed by atoms with Crippen LogP contribution in [0.3, 0.4) is 0 Å². The monoisotopic (exact) mass is 488 g/mol. The van der Waals surface area contributed by atoms with Gasteiger partial charge < -0.3 is 9.88 Å². The molecular weight excluding hydrogens is 468 g/mol. The Balaban J connectivity index is 1.90. The van der Waals surface area contributed by atoms with Crippen molar-refractivity contribution in [1.29, 1.82) is 0 Å². The van der Waals surface area contributed by atoms with Crippen molar-refractivity contribution in [2.24, 2.45) is 0 Å². The molecule has 0 unspecified atom stereocenters. The van der Waals surface area contributed by atoms with E-state index in [-0.39, 0.29) is 22.2 Å². The average Bonchev–Trinajstić information content (AvgIpc) is 2.70. The van der Waals surface area contributed by atoms with E-state index in [4.69, 9.17) is 0 Å². The highest BCUT2D eigenvalue weighted by molar-refractivity contribution is 9.10. The molecule has 1 amide bonds. The number of aromatic nitrogens is 1. The van der Waals surface area contributed by atoms with Crippen molar-refractivity contribution in [2.45, 2.75) is 36.7 Å². The number of rotatable bonds is 6. The molecule has 1 N–H and O–H groups in total. The molecule has 0 saturated carbocycles. The number of carbonyl (C=O) groups excluding carboxylic acids is 1. The minimum atomic E-state index is -4.01. The summed E-state index contributed by atoms with van der Waals surface area (Å²) < 4.78 is 28.2. The van der Waals surface area contributed by atoms with E-state index in [1.165, 1.54) is 16.7 Å². The molecule has 0 spiro atoms. The number of benzene rings is 2. The summed E-state index contributed by atoms with van der Waals surface area (Å²) in [5, 5.41) is 2.76. The fourth-order valence-electron chi connectivity index (χ4n) is 3.20. The minimum absolute atomic E-state index is 0.0414. The molecule has 6 nitrogen and oxygen atoms in total. The third kappa shape index (κ3) is 4.71.